The number of nitro groups is 1. The van der Waals surface area contributed by atoms with E-state index < -0.39 is 22.4 Å². The van der Waals surface area contributed by atoms with Crippen molar-refractivity contribution in [2.45, 2.75) is 44.3 Å². The van der Waals surface area contributed by atoms with Gasteiger partial charge >= 0.3 is 5.97 Å². The third kappa shape index (κ3) is 3.84. The molecule has 0 radical (unpaired) electrons. The first-order chi connectivity index (χ1) is 10.8. The number of esters is 1. The second-order valence-corrected chi connectivity index (χ2v) is 5.63. The van der Waals surface area contributed by atoms with E-state index in [-0.39, 0.29) is 23.4 Å². The molecule has 124 valence electrons. The van der Waals surface area contributed by atoms with Gasteiger partial charge in [0.05, 0.1) is 10.5 Å². The Morgan fingerprint density at radius 2 is 1.96 bits per heavy atom. The molecule has 1 saturated carbocycles. The number of benzene rings is 1. The highest BCUT2D eigenvalue weighted by molar-refractivity contribution is 5.93. The van der Waals surface area contributed by atoms with Crippen molar-refractivity contribution in [1.29, 1.82) is 0 Å². The van der Waals surface area contributed by atoms with Gasteiger partial charge in [-0.3, -0.25) is 14.9 Å². The minimum atomic E-state index is -1.51. The number of aliphatic hydroxyl groups is 1. The van der Waals surface area contributed by atoms with Gasteiger partial charge in [-0.15, -0.1) is 0 Å². The third-order valence-corrected chi connectivity index (χ3v) is 3.99. The summed E-state index contributed by atoms with van der Waals surface area (Å²) in [6, 6.07) is 3.69. The number of ether oxygens (including phenoxy) is 1. The normalized spacial score (nSPS) is 16.6. The fraction of sp³-hybridized carbons (Fsp3) is 0.467. The van der Waals surface area contributed by atoms with Crippen LogP contribution in [0.3, 0.4) is 0 Å². The van der Waals surface area contributed by atoms with Crippen LogP contribution in [0.15, 0.2) is 18.2 Å². The molecule has 0 spiro atoms. The second kappa shape index (κ2) is 6.74. The molecule has 1 aliphatic carbocycles. The van der Waals surface area contributed by atoms with Crippen molar-refractivity contribution >= 4 is 17.6 Å². The Kier molecular flexibility index (Phi) is 4.95. The van der Waals surface area contributed by atoms with Gasteiger partial charge in [-0.25, -0.2) is 4.79 Å². The highest BCUT2D eigenvalue weighted by Gasteiger charge is 2.38. The van der Waals surface area contributed by atoms with Gasteiger partial charge in [0, 0.05) is 11.6 Å². The Bertz CT molecular complexity index is 637. The lowest BCUT2D eigenvalue weighted by molar-refractivity contribution is -0.385. The van der Waals surface area contributed by atoms with Gasteiger partial charge < -0.3 is 15.6 Å². The van der Waals surface area contributed by atoms with Crippen molar-refractivity contribution in [1.82, 2.24) is 0 Å². The predicted molar refractivity (Wildman–Crippen MR) is 79.4 cm³/mol. The molecule has 3 N–H and O–H groups in total. The quantitative estimate of drug-likeness (QED) is 0.478. The van der Waals surface area contributed by atoms with E-state index in [4.69, 9.17) is 10.5 Å². The van der Waals surface area contributed by atoms with Crippen LogP contribution < -0.4 is 5.73 Å². The summed E-state index contributed by atoms with van der Waals surface area (Å²) in [7, 11) is 0. The summed E-state index contributed by atoms with van der Waals surface area (Å²) in [5, 5.41) is 21.3. The van der Waals surface area contributed by atoms with E-state index >= 15 is 0 Å². The maximum atomic E-state index is 12.0. The van der Waals surface area contributed by atoms with Crippen molar-refractivity contribution in [3.63, 3.8) is 0 Å². The van der Waals surface area contributed by atoms with Crippen LogP contribution in [0.2, 0.25) is 0 Å². The summed E-state index contributed by atoms with van der Waals surface area (Å²) in [4.78, 5) is 33.5. The Labute approximate surface area is 132 Å². The molecule has 1 fully saturated rings. The highest BCUT2D eigenvalue weighted by atomic mass is 16.6. The molecule has 1 aliphatic rings. The van der Waals surface area contributed by atoms with Crippen molar-refractivity contribution in [2.75, 3.05) is 0 Å². The Hall–Kier alpha value is -2.48. The standard InChI is InChI=1S/C15H18N2O6/c16-13(18)10-4-5-11(12(8-10)17(21)22)9-23-14(19)15(20)6-2-1-3-7-15/h4-5,8,20H,1-3,6-7,9H2,(H2,16,18). The Balaban J connectivity index is 2.12. The van der Waals surface area contributed by atoms with Crippen LogP contribution in [0, 0.1) is 10.1 Å². The summed E-state index contributed by atoms with van der Waals surface area (Å²) >= 11 is 0. The number of amides is 1. The first kappa shape index (κ1) is 16.9. The van der Waals surface area contributed by atoms with Crippen LogP contribution in [0.5, 0.6) is 0 Å². The molecular weight excluding hydrogens is 304 g/mol. The van der Waals surface area contributed by atoms with Gasteiger partial charge in [-0.2, -0.15) is 0 Å². The van der Waals surface area contributed by atoms with E-state index in [9.17, 15) is 24.8 Å². The largest absolute Gasteiger partial charge is 0.458 e. The maximum absolute atomic E-state index is 12.0. The maximum Gasteiger partial charge on any atom is 0.338 e. The van der Waals surface area contributed by atoms with E-state index in [2.05, 4.69) is 0 Å². The Morgan fingerprint density at radius 3 is 2.52 bits per heavy atom. The van der Waals surface area contributed by atoms with E-state index in [0.717, 1.165) is 25.3 Å². The lowest BCUT2D eigenvalue weighted by Crippen LogP contribution is -2.41. The lowest BCUT2D eigenvalue weighted by atomic mass is 9.85. The van der Waals surface area contributed by atoms with Crippen LogP contribution in [0.4, 0.5) is 5.69 Å². The van der Waals surface area contributed by atoms with Gasteiger partial charge in [-0.1, -0.05) is 6.42 Å². The molecule has 0 aliphatic heterocycles. The van der Waals surface area contributed by atoms with Gasteiger partial charge in [0.25, 0.3) is 5.69 Å². The molecule has 23 heavy (non-hydrogen) atoms. The van der Waals surface area contributed by atoms with Gasteiger partial charge in [0.2, 0.25) is 5.91 Å². The van der Waals surface area contributed by atoms with Crippen molar-refractivity contribution < 1.29 is 24.4 Å². The van der Waals surface area contributed by atoms with Crippen molar-refractivity contribution in [3.05, 3.63) is 39.4 Å². The van der Waals surface area contributed by atoms with E-state index in [1.807, 2.05) is 0 Å². The monoisotopic (exact) mass is 322 g/mol. The number of hydrogen-bond acceptors (Lipinski definition) is 6. The number of nitrogens with two attached hydrogens (primary N) is 1. The fourth-order valence-electron chi connectivity index (χ4n) is 2.63. The van der Waals surface area contributed by atoms with E-state index in [0.29, 0.717) is 12.8 Å². The number of nitro benzene ring substituents is 1. The Morgan fingerprint density at radius 1 is 1.30 bits per heavy atom. The zero-order chi connectivity index (χ0) is 17.0. The highest BCUT2D eigenvalue weighted by Crippen LogP contribution is 2.30. The first-order valence-electron chi connectivity index (χ1n) is 7.30. The number of rotatable bonds is 5. The average molecular weight is 322 g/mol. The topological polar surface area (TPSA) is 133 Å². The predicted octanol–water partition coefficient (Wildman–Crippen LogP) is 1.43. The molecule has 0 bridgehead atoms. The molecule has 8 heteroatoms. The number of hydrogen-bond donors (Lipinski definition) is 2. The zero-order valence-corrected chi connectivity index (χ0v) is 12.5. The summed E-state index contributed by atoms with van der Waals surface area (Å²) in [6.07, 6.45) is 3.08. The molecule has 2 rings (SSSR count). The van der Waals surface area contributed by atoms with Crippen molar-refractivity contribution in [3.8, 4) is 0 Å². The summed E-state index contributed by atoms with van der Waals surface area (Å²) < 4.78 is 5.05. The molecule has 0 aromatic heterocycles. The fourth-order valence-corrected chi connectivity index (χ4v) is 2.63. The average Bonchev–Trinajstić information content (AvgIpc) is 2.52. The molecule has 1 aromatic carbocycles. The SMILES string of the molecule is NC(=O)c1ccc(COC(=O)C2(O)CCCCC2)c([N+](=O)[O-])c1. The lowest BCUT2D eigenvalue weighted by Gasteiger charge is -2.29. The van der Waals surface area contributed by atoms with Crippen LogP contribution in [0.1, 0.15) is 48.0 Å². The molecule has 0 unspecified atom stereocenters. The molecular formula is C15H18N2O6. The first-order valence-corrected chi connectivity index (χ1v) is 7.30. The number of carbonyl (C=O) groups is 2. The van der Waals surface area contributed by atoms with Crippen LogP contribution in [0.25, 0.3) is 0 Å². The molecule has 1 aromatic rings. The third-order valence-electron chi connectivity index (χ3n) is 3.99. The van der Waals surface area contributed by atoms with Crippen LogP contribution in [-0.2, 0) is 16.1 Å². The molecule has 8 nitrogen and oxygen atoms in total. The summed E-state index contributed by atoms with van der Waals surface area (Å²) in [5.74, 6) is -1.56. The number of carbonyl (C=O) groups excluding carboxylic acids is 2. The minimum absolute atomic E-state index is 0.00214. The van der Waals surface area contributed by atoms with Gasteiger partial charge in [0.15, 0.2) is 5.60 Å². The minimum Gasteiger partial charge on any atom is -0.458 e. The van der Waals surface area contributed by atoms with Crippen LogP contribution in [-0.4, -0.2) is 27.5 Å². The number of nitrogens with zero attached hydrogens (tertiary/aromatic N) is 1. The molecule has 0 saturated heterocycles. The second-order valence-electron chi connectivity index (χ2n) is 5.63. The summed E-state index contributed by atoms with van der Waals surface area (Å²) in [5.41, 5.74) is 3.35. The molecule has 0 atom stereocenters. The smallest absolute Gasteiger partial charge is 0.338 e. The van der Waals surface area contributed by atoms with Crippen LogP contribution >= 0.6 is 0 Å². The van der Waals surface area contributed by atoms with E-state index in [1.54, 1.807) is 0 Å². The summed E-state index contributed by atoms with van der Waals surface area (Å²) in [6.45, 7) is -0.351. The molecule has 1 amide bonds. The molecule has 0 heterocycles. The number of primary amides is 1. The van der Waals surface area contributed by atoms with E-state index in [1.165, 1.54) is 12.1 Å². The zero-order valence-electron chi connectivity index (χ0n) is 12.5. The van der Waals surface area contributed by atoms with Gasteiger partial charge in [-0.05, 0) is 37.8 Å². The van der Waals surface area contributed by atoms with Crippen molar-refractivity contribution in [2.24, 2.45) is 5.73 Å². The van der Waals surface area contributed by atoms with Gasteiger partial charge in [0.1, 0.15) is 6.61 Å².